The summed E-state index contributed by atoms with van der Waals surface area (Å²) >= 11 is 0. The largest absolute Gasteiger partial charge is 0.474 e. The number of pyridine rings is 1. The summed E-state index contributed by atoms with van der Waals surface area (Å²) in [5.41, 5.74) is -1.55. The van der Waals surface area contributed by atoms with Crippen LogP contribution in [0.4, 0.5) is 26.3 Å². The molecule has 1 saturated carbocycles. The van der Waals surface area contributed by atoms with E-state index in [0.29, 0.717) is 31.9 Å². The maximum Gasteiger partial charge on any atom is 0.417 e. The lowest BCUT2D eigenvalue weighted by Gasteiger charge is -2.29. The first-order valence-electron chi connectivity index (χ1n) is 9.20. The molecule has 3 rings (SSSR count). The summed E-state index contributed by atoms with van der Waals surface area (Å²) in [6.45, 7) is 0. The lowest BCUT2D eigenvalue weighted by Crippen LogP contribution is -2.39. The molecular formula is C20H18F6N2O2. The summed E-state index contributed by atoms with van der Waals surface area (Å²) in [6.07, 6.45) is -6.21. The molecule has 0 atom stereocenters. The van der Waals surface area contributed by atoms with Crippen LogP contribution in [0, 0.1) is 0 Å². The summed E-state index contributed by atoms with van der Waals surface area (Å²) in [5, 5.41) is 2.79. The van der Waals surface area contributed by atoms with Crippen molar-refractivity contribution in [3.8, 4) is 5.88 Å². The van der Waals surface area contributed by atoms with Gasteiger partial charge in [0.1, 0.15) is 6.10 Å². The van der Waals surface area contributed by atoms with Crippen LogP contribution in [0.1, 0.15) is 47.2 Å². The highest BCUT2D eigenvalue weighted by molar-refractivity contribution is 5.94. The van der Waals surface area contributed by atoms with Crippen LogP contribution < -0.4 is 10.1 Å². The van der Waals surface area contributed by atoms with E-state index < -0.39 is 29.4 Å². The van der Waals surface area contributed by atoms with Gasteiger partial charge < -0.3 is 10.1 Å². The molecule has 0 aliphatic heterocycles. The van der Waals surface area contributed by atoms with E-state index in [9.17, 15) is 31.1 Å². The number of carbonyl (C=O) groups is 1. The van der Waals surface area contributed by atoms with E-state index in [0.717, 1.165) is 30.3 Å². The number of ether oxygens (including phenoxy) is 1. The Bertz CT molecular complexity index is 855. The van der Waals surface area contributed by atoms with Gasteiger partial charge in [-0.15, -0.1) is 0 Å². The van der Waals surface area contributed by atoms with E-state index in [2.05, 4.69) is 10.3 Å². The number of carbonyl (C=O) groups excluding carboxylic acids is 1. The molecule has 30 heavy (non-hydrogen) atoms. The van der Waals surface area contributed by atoms with Gasteiger partial charge >= 0.3 is 12.4 Å². The van der Waals surface area contributed by atoms with Crippen LogP contribution in [0.15, 0.2) is 42.6 Å². The quantitative estimate of drug-likeness (QED) is 0.673. The van der Waals surface area contributed by atoms with Gasteiger partial charge in [-0.25, -0.2) is 4.98 Å². The zero-order chi connectivity index (χ0) is 21.9. The third-order valence-corrected chi connectivity index (χ3v) is 4.83. The number of amides is 1. The van der Waals surface area contributed by atoms with Gasteiger partial charge in [0, 0.05) is 23.9 Å². The minimum Gasteiger partial charge on any atom is -0.474 e. The highest BCUT2D eigenvalue weighted by Crippen LogP contribution is 2.31. The number of alkyl halides is 6. The highest BCUT2D eigenvalue weighted by Gasteiger charge is 2.32. The standard InChI is InChI=1S/C20H18F6N2O2/c21-19(22,23)13-3-1-12(2-4-13)18(29)28-15-6-8-16(9-7-15)30-17-10-5-14(11-27-17)20(24,25)26/h1-5,10-11,15-16H,6-9H2,(H,28,29). The maximum atomic E-state index is 12.6. The molecule has 4 nitrogen and oxygen atoms in total. The van der Waals surface area contributed by atoms with E-state index in [1.165, 1.54) is 6.07 Å². The predicted octanol–water partition coefficient (Wildman–Crippen LogP) is 5.24. The van der Waals surface area contributed by atoms with Crippen molar-refractivity contribution in [2.45, 2.75) is 50.2 Å². The van der Waals surface area contributed by atoms with Crippen molar-refractivity contribution in [1.29, 1.82) is 0 Å². The second-order valence-electron chi connectivity index (χ2n) is 7.02. The topological polar surface area (TPSA) is 51.2 Å². The molecule has 0 unspecified atom stereocenters. The number of rotatable bonds is 4. The van der Waals surface area contributed by atoms with Crippen molar-refractivity contribution < 1.29 is 35.9 Å². The van der Waals surface area contributed by atoms with Crippen molar-refractivity contribution in [3.05, 3.63) is 59.3 Å². The maximum absolute atomic E-state index is 12.6. The Hall–Kier alpha value is -2.78. The number of hydrogen-bond acceptors (Lipinski definition) is 3. The first kappa shape index (κ1) is 21.9. The van der Waals surface area contributed by atoms with Crippen LogP contribution in [0.25, 0.3) is 0 Å². The minimum atomic E-state index is -4.46. The fourth-order valence-corrected chi connectivity index (χ4v) is 3.19. The molecule has 1 aliphatic rings. The van der Waals surface area contributed by atoms with Crippen LogP contribution in [-0.2, 0) is 12.4 Å². The zero-order valence-electron chi connectivity index (χ0n) is 15.6. The summed E-state index contributed by atoms with van der Waals surface area (Å²) in [6, 6.07) is 5.87. The number of benzene rings is 1. The predicted molar refractivity (Wildman–Crippen MR) is 94.8 cm³/mol. The molecular weight excluding hydrogens is 414 g/mol. The van der Waals surface area contributed by atoms with Gasteiger partial charge in [0.25, 0.3) is 5.91 Å². The molecule has 10 heteroatoms. The number of halogens is 6. The molecule has 1 aromatic heterocycles. The normalized spacial score (nSPS) is 19.9. The third kappa shape index (κ3) is 5.64. The van der Waals surface area contributed by atoms with E-state index in [4.69, 9.17) is 4.74 Å². The summed E-state index contributed by atoms with van der Waals surface area (Å²) in [4.78, 5) is 15.9. The van der Waals surface area contributed by atoms with Crippen LogP contribution in [0.2, 0.25) is 0 Å². The molecule has 1 N–H and O–H groups in total. The van der Waals surface area contributed by atoms with Gasteiger partial charge in [-0.2, -0.15) is 26.3 Å². The molecule has 0 spiro atoms. The summed E-state index contributed by atoms with van der Waals surface area (Å²) in [7, 11) is 0. The average Bonchev–Trinajstić information content (AvgIpc) is 2.68. The van der Waals surface area contributed by atoms with E-state index in [1.807, 2.05) is 0 Å². The van der Waals surface area contributed by atoms with E-state index >= 15 is 0 Å². The Labute approximate surface area is 168 Å². The molecule has 1 aromatic carbocycles. The SMILES string of the molecule is O=C(NC1CCC(Oc2ccc(C(F)(F)F)cn2)CC1)c1ccc(C(F)(F)F)cc1. The van der Waals surface area contributed by atoms with E-state index in [1.54, 1.807) is 0 Å². The lowest BCUT2D eigenvalue weighted by molar-refractivity contribution is -0.138. The van der Waals surface area contributed by atoms with Crippen molar-refractivity contribution in [2.75, 3.05) is 0 Å². The number of hydrogen-bond donors (Lipinski definition) is 1. The lowest BCUT2D eigenvalue weighted by atomic mass is 9.92. The van der Waals surface area contributed by atoms with Gasteiger partial charge in [0.2, 0.25) is 5.88 Å². The van der Waals surface area contributed by atoms with Gasteiger partial charge in [0.15, 0.2) is 0 Å². The second-order valence-corrected chi connectivity index (χ2v) is 7.02. The number of aromatic nitrogens is 1. The van der Waals surface area contributed by atoms with Crippen LogP contribution >= 0.6 is 0 Å². The summed E-state index contributed by atoms with van der Waals surface area (Å²) in [5.74, 6) is -0.363. The Balaban J connectivity index is 1.48. The van der Waals surface area contributed by atoms with Gasteiger partial charge in [-0.05, 0) is 56.0 Å². The third-order valence-electron chi connectivity index (χ3n) is 4.83. The van der Waals surface area contributed by atoms with E-state index in [-0.39, 0.29) is 23.6 Å². The molecule has 2 aromatic rings. The summed E-state index contributed by atoms with van der Waals surface area (Å²) < 4.78 is 81.0. The fourth-order valence-electron chi connectivity index (χ4n) is 3.19. The fraction of sp³-hybridized carbons (Fsp3) is 0.400. The molecule has 0 radical (unpaired) electrons. The Kier molecular flexibility index (Phi) is 6.23. The molecule has 1 heterocycles. The van der Waals surface area contributed by atoms with Gasteiger partial charge in [-0.3, -0.25) is 4.79 Å². The second kappa shape index (κ2) is 8.53. The monoisotopic (exact) mass is 432 g/mol. The Morgan fingerprint density at radius 2 is 1.43 bits per heavy atom. The molecule has 0 saturated heterocycles. The van der Waals surface area contributed by atoms with Crippen molar-refractivity contribution >= 4 is 5.91 Å². The van der Waals surface area contributed by atoms with Crippen molar-refractivity contribution in [3.63, 3.8) is 0 Å². The zero-order valence-corrected chi connectivity index (χ0v) is 15.6. The van der Waals surface area contributed by atoms with Crippen LogP contribution in [0.3, 0.4) is 0 Å². The smallest absolute Gasteiger partial charge is 0.417 e. The van der Waals surface area contributed by atoms with Crippen molar-refractivity contribution in [2.24, 2.45) is 0 Å². The Morgan fingerprint density at radius 3 is 1.93 bits per heavy atom. The molecule has 0 bridgehead atoms. The first-order valence-corrected chi connectivity index (χ1v) is 9.20. The molecule has 162 valence electrons. The minimum absolute atomic E-state index is 0.0974. The average molecular weight is 432 g/mol. The number of nitrogens with zero attached hydrogens (tertiary/aromatic N) is 1. The number of nitrogens with one attached hydrogen (secondary N) is 1. The molecule has 1 amide bonds. The van der Waals surface area contributed by atoms with Gasteiger partial charge in [-0.1, -0.05) is 0 Å². The molecule has 1 fully saturated rings. The van der Waals surface area contributed by atoms with Crippen molar-refractivity contribution in [1.82, 2.24) is 10.3 Å². The van der Waals surface area contributed by atoms with Crippen LogP contribution in [0.5, 0.6) is 5.88 Å². The van der Waals surface area contributed by atoms with Crippen LogP contribution in [-0.4, -0.2) is 23.0 Å². The Morgan fingerprint density at radius 1 is 0.867 bits per heavy atom. The highest BCUT2D eigenvalue weighted by atomic mass is 19.4. The van der Waals surface area contributed by atoms with Gasteiger partial charge in [0.05, 0.1) is 11.1 Å². The molecule has 1 aliphatic carbocycles. The first-order chi connectivity index (χ1) is 14.0.